The van der Waals surface area contributed by atoms with Gasteiger partial charge in [-0.3, -0.25) is 0 Å². The van der Waals surface area contributed by atoms with Crippen molar-refractivity contribution in [1.82, 2.24) is 5.32 Å². The van der Waals surface area contributed by atoms with E-state index in [-0.39, 0.29) is 12.3 Å². The Labute approximate surface area is 126 Å². The molecule has 1 rings (SSSR count). The normalized spacial score (nSPS) is 11.9. The number of hydrogen-bond donors (Lipinski definition) is 2. The van der Waals surface area contributed by atoms with Gasteiger partial charge in [0, 0.05) is 6.54 Å². The van der Waals surface area contributed by atoms with E-state index < -0.39 is 30.2 Å². The highest BCUT2D eigenvalue weighted by Gasteiger charge is 2.29. The number of halogens is 3. The largest absolute Gasteiger partial charge is 0.504 e. The number of benzene rings is 1. The van der Waals surface area contributed by atoms with Crippen LogP contribution in [0.15, 0.2) is 18.2 Å². The van der Waals surface area contributed by atoms with Gasteiger partial charge in [0.1, 0.15) is 5.60 Å². The van der Waals surface area contributed by atoms with Crippen LogP contribution >= 0.6 is 0 Å². The van der Waals surface area contributed by atoms with Gasteiger partial charge < -0.3 is 19.9 Å². The van der Waals surface area contributed by atoms with Crippen LogP contribution in [0, 0.1) is 0 Å². The van der Waals surface area contributed by atoms with Crippen LogP contribution in [0.1, 0.15) is 26.3 Å². The first kappa shape index (κ1) is 17.9. The van der Waals surface area contributed by atoms with Crippen molar-refractivity contribution >= 4 is 6.09 Å². The summed E-state index contributed by atoms with van der Waals surface area (Å²) in [5, 5.41) is 11.9. The predicted octanol–water partition coefficient (Wildman–Crippen LogP) is 3.36. The van der Waals surface area contributed by atoms with Gasteiger partial charge in [0.05, 0.1) is 0 Å². The maximum atomic E-state index is 12.1. The second-order valence-corrected chi connectivity index (χ2v) is 5.56. The van der Waals surface area contributed by atoms with Crippen LogP contribution in [0.2, 0.25) is 0 Å². The van der Waals surface area contributed by atoms with Crippen molar-refractivity contribution in [3.8, 4) is 11.5 Å². The van der Waals surface area contributed by atoms with Crippen molar-refractivity contribution in [3.05, 3.63) is 23.8 Å². The van der Waals surface area contributed by atoms with Crippen LogP contribution in [0.25, 0.3) is 0 Å². The fourth-order valence-electron chi connectivity index (χ4n) is 1.43. The zero-order valence-electron chi connectivity index (χ0n) is 12.5. The highest BCUT2D eigenvalue weighted by atomic mass is 19.4. The van der Waals surface area contributed by atoms with Gasteiger partial charge in [0.2, 0.25) is 0 Å². The van der Waals surface area contributed by atoms with Crippen molar-refractivity contribution < 1.29 is 32.5 Å². The van der Waals surface area contributed by atoms with E-state index >= 15 is 0 Å². The minimum Gasteiger partial charge on any atom is -0.504 e. The number of phenolic OH excluding ortho intramolecular Hbond substituents is 1. The van der Waals surface area contributed by atoms with Crippen molar-refractivity contribution in [2.45, 2.75) is 39.1 Å². The molecule has 22 heavy (non-hydrogen) atoms. The molecule has 0 saturated carbocycles. The Morgan fingerprint density at radius 2 is 1.91 bits per heavy atom. The van der Waals surface area contributed by atoms with Gasteiger partial charge in [-0.15, -0.1) is 0 Å². The first-order chi connectivity index (χ1) is 9.96. The molecule has 0 bridgehead atoms. The zero-order valence-corrected chi connectivity index (χ0v) is 12.5. The van der Waals surface area contributed by atoms with Crippen molar-refractivity contribution in [2.24, 2.45) is 0 Å². The Morgan fingerprint density at radius 1 is 1.27 bits per heavy atom. The Hall–Kier alpha value is -2.12. The third-order valence-corrected chi connectivity index (χ3v) is 2.25. The van der Waals surface area contributed by atoms with Crippen LogP contribution in [0.4, 0.5) is 18.0 Å². The van der Waals surface area contributed by atoms with E-state index in [1.165, 1.54) is 18.2 Å². The quantitative estimate of drug-likeness (QED) is 0.892. The van der Waals surface area contributed by atoms with Gasteiger partial charge in [0.25, 0.3) is 0 Å². The van der Waals surface area contributed by atoms with E-state index in [0.717, 1.165) is 0 Å². The van der Waals surface area contributed by atoms with E-state index in [4.69, 9.17) is 4.74 Å². The van der Waals surface area contributed by atoms with Crippen LogP contribution in [-0.2, 0) is 11.3 Å². The number of nitrogens with one attached hydrogen (secondary N) is 1. The van der Waals surface area contributed by atoms with Gasteiger partial charge in [-0.25, -0.2) is 4.79 Å². The first-order valence-corrected chi connectivity index (χ1v) is 6.44. The zero-order chi connectivity index (χ0) is 17.0. The Morgan fingerprint density at radius 3 is 2.45 bits per heavy atom. The number of alkyl carbamates (subject to hydrolysis) is 1. The van der Waals surface area contributed by atoms with Crippen molar-refractivity contribution in [3.63, 3.8) is 0 Å². The second-order valence-electron chi connectivity index (χ2n) is 5.56. The fraction of sp³-hybridized carbons (Fsp3) is 0.500. The number of ether oxygens (including phenoxy) is 2. The molecule has 1 aromatic carbocycles. The number of hydrogen-bond acceptors (Lipinski definition) is 4. The van der Waals surface area contributed by atoms with E-state index in [1.807, 2.05) is 0 Å². The minimum absolute atomic E-state index is 0.0254. The molecule has 8 heteroatoms. The summed E-state index contributed by atoms with van der Waals surface area (Å²) in [6, 6.07) is 3.86. The van der Waals surface area contributed by atoms with E-state index in [2.05, 4.69) is 10.1 Å². The summed E-state index contributed by atoms with van der Waals surface area (Å²) >= 11 is 0. The number of carbonyl (C=O) groups excluding carboxylic acids is 1. The van der Waals surface area contributed by atoms with Crippen molar-refractivity contribution in [2.75, 3.05) is 6.61 Å². The summed E-state index contributed by atoms with van der Waals surface area (Å²) in [5.74, 6) is -0.717. The average Bonchev–Trinajstić information content (AvgIpc) is 2.33. The predicted molar refractivity (Wildman–Crippen MR) is 72.7 cm³/mol. The van der Waals surface area contributed by atoms with Crippen LogP contribution in [0.3, 0.4) is 0 Å². The SMILES string of the molecule is CC(C)(C)OC(=O)NCc1ccc(O)c(OCC(F)(F)F)c1. The molecule has 0 atom stereocenters. The lowest BCUT2D eigenvalue weighted by Gasteiger charge is -2.19. The maximum Gasteiger partial charge on any atom is 0.422 e. The van der Waals surface area contributed by atoms with Gasteiger partial charge >= 0.3 is 12.3 Å². The molecule has 0 saturated heterocycles. The number of carbonyl (C=O) groups is 1. The van der Waals surface area contributed by atoms with Gasteiger partial charge in [-0.2, -0.15) is 13.2 Å². The lowest BCUT2D eigenvalue weighted by atomic mass is 10.2. The highest BCUT2D eigenvalue weighted by Crippen LogP contribution is 2.28. The monoisotopic (exact) mass is 321 g/mol. The third kappa shape index (κ3) is 7.05. The summed E-state index contributed by atoms with van der Waals surface area (Å²) in [5.41, 5.74) is -0.194. The first-order valence-electron chi connectivity index (χ1n) is 6.44. The Kier molecular flexibility index (Phi) is 5.51. The summed E-state index contributed by atoms with van der Waals surface area (Å²) in [6.07, 6.45) is -5.16. The second kappa shape index (κ2) is 6.76. The van der Waals surface area contributed by atoms with E-state index in [0.29, 0.717) is 5.56 Å². The Bertz CT molecular complexity index is 524. The standard InChI is InChI=1S/C14H18F3NO4/c1-13(2,3)22-12(20)18-7-9-4-5-10(19)11(6-9)21-8-14(15,16)17/h4-6,19H,7-8H2,1-3H3,(H,18,20). The lowest BCUT2D eigenvalue weighted by Crippen LogP contribution is -2.32. The maximum absolute atomic E-state index is 12.1. The molecule has 0 radical (unpaired) electrons. The molecule has 124 valence electrons. The molecule has 0 aliphatic carbocycles. The van der Waals surface area contributed by atoms with E-state index in [1.54, 1.807) is 20.8 Å². The summed E-state index contributed by atoms with van der Waals surface area (Å²) in [6.45, 7) is 3.63. The smallest absolute Gasteiger partial charge is 0.422 e. The van der Waals surface area contributed by atoms with Crippen LogP contribution in [0.5, 0.6) is 11.5 Å². The molecular formula is C14H18F3NO4. The summed E-state index contributed by atoms with van der Waals surface area (Å²) in [7, 11) is 0. The average molecular weight is 321 g/mol. The number of phenols is 1. The van der Waals surface area contributed by atoms with Crippen LogP contribution < -0.4 is 10.1 Å². The Balaban J connectivity index is 2.63. The molecule has 2 N–H and O–H groups in total. The van der Waals surface area contributed by atoms with Crippen LogP contribution in [-0.4, -0.2) is 29.6 Å². The third-order valence-electron chi connectivity index (χ3n) is 2.25. The molecule has 1 amide bonds. The molecule has 0 spiro atoms. The molecule has 0 aliphatic rings. The number of amides is 1. The molecule has 0 aromatic heterocycles. The number of alkyl halides is 3. The molecular weight excluding hydrogens is 303 g/mol. The summed E-state index contributed by atoms with van der Waals surface area (Å²) in [4.78, 5) is 11.5. The molecule has 0 aliphatic heterocycles. The van der Waals surface area contributed by atoms with Gasteiger partial charge in [-0.1, -0.05) is 6.07 Å². The summed E-state index contributed by atoms with van der Waals surface area (Å²) < 4.78 is 45.9. The van der Waals surface area contributed by atoms with E-state index in [9.17, 15) is 23.1 Å². The fourth-order valence-corrected chi connectivity index (χ4v) is 1.43. The lowest BCUT2D eigenvalue weighted by molar-refractivity contribution is -0.153. The molecule has 0 fully saturated rings. The molecule has 0 unspecified atom stereocenters. The molecule has 0 heterocycles. The minimum atomic E-state index is -4.50. The molecule has 5 nitrogen and oxygen atoms in total. The molecule has 1 aromatic rings. The number of rotatable bonds is 4. The van der Waals surface area contributed by atoms with Crippen molar-refractivity contribution in [1.29, 1.82) is 0 Å². The highest BCUT2D eigenvalue weighted by molar-refractivity contribution is 5.67. The van der Waals surface area contributed by atoms with Gasteiger partial charge in [0.15, 0.2) is 18.1 Å². The number of aromatic hydroxyl groups is 1. The van der Waals surface area contributed by atoms with Gasteiger partial charge in [-0.05, 0) is 38.5 Å². The topological polar surface area (TPSA) is 67.8 Å².